The molecule has 0 fully saturated rings. The van der Waals surface area contributed by atoms with Gasteiger partial charge in [-0.3, -0.25) is 0 Å². The minimum Gasteiger partial charge on any atom is -0.394 e. The van der Waals surface area contributed by atoms with Crippen LogP contribution in [0.3, 0.4) is 0 Å². The van der Waals surface area contributed by atoms with E-state index < -0.39 is 6.10 Å². The van der Waals surface area contributed by atoms with Gasteiger partial charge in [-0.25, -0.2) is 0 Å². The SMILES string of the molecule is CC(O)CO.CN(C)C.Cl. The Labute approximate surface area is 69.1 Å². The lowest BCUT2D eigenvalue weighted by molar-refractivity contribution is 0.110. The molecule has 0 aromatic carbocycles. The highest BCUT2D eigenvalue weighted by Crippen LogP contribution is 1.68. The fraction of sp³-hybridized carbons (Fsp3) is 1.00. The van der Waals surface area contributed by atoms with Gasteiger partial charge in [0.1, 0.15) is 0 Å². The quantitative estimate of drug-likeness (QED) is 0.582. The van der Waals surface area contributed by atoms with Crippen LogP contribution in [0.2, 0.25) is 0 Å². The second-order valence-electron chi connectivity index (χ2n) is 2.37. The molecule has 0 heterocycles. The molecule has 0 radical (unpaired) electrons. The van der Waals surface area contributed by atoms with E-state index in [9.17, 15) is 0 Å². The van der Waals surface area contributed by atoms with Gasteiger partial charge in [-0.05, 0) is 28.1 Å². The van der Waals surface area contributed by atoms with E-state index in [1.165, 1.54) is 6.92 Å². The van der Waals surface area contributed by atoms with Crippen molar-refractivity contribution in [2.45, 2.75) is 13.0 Å². The number of aliphatic hydroxyl groups is 2. The van der Waals surface area contributed by atoms with Crippen molar-refractivity contribution < 1.29 is 10.2 Å². The van der Waals surface area contributed by atoms with Crippen molar-refractivity contribution in [2.75, 3.05) is 27.7 Å². The minimum atomic E-state index is -0.560. The first-order chi connectivity index (χ1) is 4.00. The molecular weight excluding hydrogens is 154 g/mol. The van der Waals surface area contributed by atoms with E-state index in [1.807, 2.05) is 26.0 Å². The molecule has 1 unspecified atom stereocenters. The van der Waals surface area contributed by atoms with E-state index in [0.717, 1.165) is 0 Å². The molecule has 1 atom stereocenters. The Kier molecular flexibility index (Phi) is 19.8. The summed E-state index contributed by atoms with van der Waals surface area (Å²) in [4.78, 5) is 2.00. The van der Waals surface area contributed by atoms with Gasteiger partial charge in [0.2, 0.25) is 0 Å². The summed E-state index contributed by atoms with van der Waals surface area (Å²) in [6, 6.07) is 0. The Morgan fingerprint density at radius 1 is 1.30 bits per heavy atom. The lowest BCUT2D eigenvalue weighted by Gasteiger charge is -1.90. The molecule has 0 spiro atoms. The fourth-order valence-corrected chi connectivity index (χ4v) is 0. The molecular formula is C6H18ClNO2. The van der Waals surface area contributed by atoms with Crippen LogP contribution in [0.1, 0.15) is 6.92 Å². The third-order valence-corrected chi connectivity index (χ3v) is 0.264. The monoisotopic (exact) mass is 171 g/mol. The Bertz CT molecular complexity index is 48.3. The summed E-state index contributed by atoms with van der Waals surface area (Å²) in [5.41, 5.74) is 0. The third kappa shape index (κ3) is 89.2. The van der Waals surface area contributed by atoms with Gasteiger partial charge >= 0.3 is 0 Å². The zero-order chi connectivity index (χ0) is 7.86. The van der Waals surface area contributed by atoms with Gasteiger partial charge in [-0.1, -0.05) is 0 Å². The molecule has 2 N–H and O–H groups in total. The van der Waals surface area contributed by atoms with Crippen LogP contribution < -0.4 is 0 Å². The minimum absolute atomic E-state index is 0. The lowest BCUT2D eigenvalue weighted by Crippen LogP contribution is -2.03. The Hall–Kier alpha value is 0.170. The first-order valence-corrected chi connectivity index (χ1v) is 2.90. The molecule has 0 aliphatic carbocycles. The van der Waals surface area contributed by atoms with Crippen LogP contribution in [0.4, 0.5) is 0 Å². The number of rotatable bonds is 1. The van der Waals surface area contributed by atoms with Crippen LogP contribution in [-0.4, -0.2) is 49.0 Å². The number of nitrogens with zero attached hydrogens (tertiary/aromatic N) is 1. The van der Waals surface area contributed by atoms with Crippen molar-refractivity contribution in [3.05, 3.63) is 0 Å². The summed E-state index contributed by atoms with van der Waals surface area (Å²) in [6.45, 7) is 1.39. The van der Waals surface area contributed by atoms with E-state index >= 15 is 0 Å². The highest BCUT2D eigenvalue weighted by atomic mass is 35.5. The Morgan fingerprint density at radius 2 is 1.40 bits per heavy atom. The maximum Gasteiger partial charge on any atom is 0.0742 e. The fourth-order valence-electron chi connectivity index (χ4n) is 0. The van der Waals surface area contributed by atoms with Crippen LogP contribution in [0.5, 0.6) is 0 Å². The first-order valence-electron chi connectivity index (χ1n) is 2.90. The van der Waals surface area contributed by atoms with Crippen molar-refractivity contribution in [1.29, 1.82) is 0 Å². The summed E-state index contributed by atoms with van der Waals surface area (Å²) < 4.78 is 0. The van der Waals surface area contributed by atoms with Crippen molar-refractivity contribution in [3.63, 3.8) is 0 Å². The molecule has 0 aliphatic rings. The molecule has 10 heavy (non-hydrogen) atoms. The van der Waals surface area contributed by atoms with Crippen LogP contribution in [-0.2, 0) is 0 Å². The molecule has 0 amide bonds. The zero-order valence-corrected chi connectivity index (χ0v) is 7.85. The average molecular weight is 172 g/mol. The largest absolute Gasteiger partial charge is 0.394 e. The molecule has 0 saturated carbocycles. The predicted octanol–water partition coefficient (Wildman–Crippen LogP) is -0.0409. The molecule has 0 rings (SSSR count). The predicted molar refractivity (Wildman–Crippen MR) is 45.6 cm³/mol. The summed E-state index contributed by atoms with van der Waals surface area (Å²) in [5, 5.41) is 16.0. The number of hydrogen-bond acceptors (Lipinski definition) is 3. The standard InChI is InChI=1S/C3H9N.C3H8O2.ClH/c1-4(2)3;1-3(5)2-4;/h1-3H3;3-5H,2H2,1H3;1H. The highest BCUT2D eigenvalue weighted by Gasteiger charge is 1.83. The highest BCUT2D eigenvalue weighted by molar-refractivity contribution is 5.85. The summed E-state index contributed by atoms with van der Waals surface area (Å²) in [6.07, 6.45) is -0.560. The van der Waals surface area contributed by atoms with Crippen LogP contribution in [0, 0.1) is 0 Å². The molecule has 4 heteroatoms. The molecule has 0 aromatic rings. The molecule has 0 saturated heterocycles. The van der Waals surface area contributed by atoms with Gasteiger partial charge in [0.05, 0.1) is 12.7 Å². The molecule has 0 aromatic heterocycles. The molecule has 0 aliphatic heterocycles. The van der Waals surface area contributed by atoms with E-state index in [0.29, 0.717) is 0 Å². The normalized spacial score (nSPS) is 11.1. The zero-order valence-electron chi connectivity index (χ0n) is 7.03. The van der Waals surface area contributed by atoms with Crippen LogP contribution in [0.25, 0.3) is 0 Å². The van der Waals surface area contributed by atoms with Crippen LogP contribution >= 0.6 is 12.4 Å². The third-order valence-electron chi connectivity index (χ3n) is 0.264. The molecule has 66 valence electrons. The molecule has 3 nitrogen and oxygen atoms in total. The van der Waals surface area contributed by atoms with E-state index in [1.54, 1.807) is 0 Å². The van der Waals surface area contributed by atoms with Gasteiger partial charge < -0.3 is 15.1 Å². The Balaban J connectivity index is -0.0000000910. The average Bonchev–Trinajstić information content (AvgIpc) is 1.65. The van der Waals surface area contributed by atoms with Gasteiger partial charge in [-0.2, -0.15) is 0 Å². The van der Waals surface area contributed by atoms with Gasteiger partial charge in [0.25, 0.3) is 0 Å². The van der Waals surface area contributed by atoms with Crippen molar-refractivity contribution in [2.24, 2.45) is 0 Å². The summed E-state index contributed by atoms with van der Waals surface area (Å²) in [5.74, 6) is 0. The second kappa shape index (κ2) is 11.9. The van der Waals surface area contributed by atoms with E-state index in [4.69, 9.17) is 10.2 Å². The summed E-state index contributed by atoms with van der Waals surface area (Å²) >= 11 is 0. The number of hydrogen-bond donors (Lipinski definition) is 2. The first kappa shape index (κ1) is 16.6. The van der Waals surface area contributed by atoms with Gasteiger partial charge in [-0.15, -0.1) is 12.4 Å². The van der Waals surface area contributed by atoms with E-state index in [2.05, 4.69) is 0 Å². The second-order valence-corrected chi connectivity index (χ2v) is 2.37. The van der Waals surface area contributed by atoms with Crippen molar-refractivity contribution in [1.82, 2.24) is 4.90 Å². The molecule has 0 bridgehead atoms. The maximum absolute atomic E-state index is 8.11. The Morgan fingerprint density at radius 3 is 1.40 bits per heavy atom. The van der Waals surface area contributed by atoms with E-state index in [-0.39, 0.29) is 19.0 Å². The van der Waals surface area contributed by atoms with Gasteiger partial charge in [0.15, 0.2) is 0 Å². The van der Waals surface area contributed by atoms with Crippen molar-refractivity contribution in [3.8, 4) is 0 Å². The maximum atomic E-state index is 8.11. The van der Waals surface area contributed by atoms with Crippen molar-refractivity contribution >= 4 is 12.4 Å². The number of halogens is 1. The number of aliphatic hydroxyl groups excluding tert-OH is 2. The van der Waals surface area contributed by atoms with Crippen LogP contribution in [0.15, 0.2) is 0 Å². The van der Waals surface area contributed by atoms with Gasteiger partial charge in [0, 0.05) is 0 Å². The smallest absolute Gasteiger partial charge is 0.0742 e. The lowest BCUT2D eigenvalue weighted by atomic mass is 10.5. The summed E-state index contributed by atoms with van der Waals surface area (Å²) in [7, 11) is 6.00. The topological polar surface area (TPSA) is 43.7 Å².